The maximum absolute atomic E-state index is 10.8. The minimum Gasteiger partial charge on any atom is -0.368 e. The highest BCUT2D eigenvalue weighted by Gasteiger charge is 2.12. The van der Waals surface area contributed by atoms with E-state index in [0.29, 0.717) is 0 Å². The van der Waals surface area contributed by atoms with Crippen LogP contribution < -0.4 is 11.1 Å². The zero-order valence-corrected chi connectivity index (χ0v) is 8.40. The van der Waals surface area contributed by atoms with Crippen LogP contribution in [-0.2, 0) is 4.79 Å². The lowest BCUT2D eigenvalue weighted by Gasteiger charge is -2.17. The fraction of sp³-hybridized carbons (Fsp3) is 0.400. The summed E-state index contributed by atoms with van der Waals surface area (Å²) >= 11 is 0. The molecule has 1 unspecified atom stereocenters. The van der Waals surface area contributed by atoms with E-state index in [1.165, 1.54) is 0 Å². The smallest absolute Gasteiger partial charge is 0.234 e. The molecule has 0 aromatic carbocycles. The van der Waals surface area contributed by atoms with Crippen molar-refractivity contribution in [3.8, 4) is 0 Å². The van der Waals surface area contributed by atoms with E-state index in [1.54, 1.807) is 19.3 Å². The van der Waals surface area contributed by atoms with Crippen molar-refractivity contribution in [3.05, 3.63) is 30.1 Å². The van der Waals surface area contributed by atoms with Crippen molar-refractivity contribution >= 4 is 5.91 Å². The van der Waals surface area contributed by atoms with Crippen LogP contribution in [-0.4, -0.2) is 16.9 Å². The third-order valence-electron chi connectivity index (χ3n) is 2.11. The normalized spacial score (nSPS) is 14.7. The monoisotopic (exact) mass is 193 g/mol. The van der Waals surface area contributed by atoms with Gasteiger partial charge in [-0.15, -0.1) is 0 Å². The molecule has 1 aromatic heterocycles. The third kappa shape index (κ3) is 2.81. The van der Waals surface area contributed by atoms with Gasteiger partial charge in [0.2, 0.25) is 5.91 Å². The fourth-order valence-corrected chi connectivity index (χ4v) is 1.19. The van der Waals surface area contributed by atoms with Crippen molar-refractivity contribution in [2.24, 2.45) is 5.73 Å². The van der Waals surface area contributed by atoms with Gasteiger partial charge < -0.3 is 5.73 Å². The summed E-state index contributed by atoms with van der Waals surface area (Å²) in [5.74, 6) is -0.347. The molecule has 0 saturated heterocycles. The van der Waals surface area contributed by atoms with Crippen LogP contribution in [0.15, 0.2) is 24.5 Å². The van der Waals surface area contributed by atoms with Crippen molar-refractivity contribution in [1.82, 2.24) is 10.3 Å². The molecule has 0 aliphatic carbocycles. The van der Waals surface area contributed by atoms with Gasteiger partial charge in [0.25, 0.3) is 0 Å². The molecule has 0 aliphatic rings. The summed E-state index contributed by atoms with van der Waals surface area (Å²) in [4.78, 5) is 14.8. The Labute approximate surface area is 83.5 Å². The Morgan fingerprint density at radius 3 is 2.79 bits per heavy atom. The summed E-state index contributed by atoms with van der Waals surface area (Å²) in [6.07, 6.45) is 3.49. The van der Waals surface area contributed by atoms with Crippen LogP contribution in [0.3, 0.4) is 0 Å². The van der Waals surface area contributed by atoms with Crippen LogP contribution in [0.25, 0.3) is 0 Å². The van der Waals surface area contributed by atoms with E-state index in [9.17, 15) is 4.79 Å². The highest BCUT2D eigenvalue weighted by Crippen LogP contribution is 2.10. The average molecular weight is 193 g/mol. The number of hydrogen-bond acceptors (Lipinski definition) is 3. The maximum atomic E-state index is 10.8. The van der Waals surface area contributed by atoms with Gasteiger partial charge in [0, 0.05) is 18.4 Å². The SMILES string of the molecule is CC(N[C@H](C)c1cccnc1)C(N)=O. The summed E-state index contributed by atoms with van der Waals surface area (Å²) < 4.78 is 0. The van der Waals surface area contributed by atoms with Crippen LogP contribution in [0.4, 0.5) is 0 Å². The Kier molecular flexibility index (Phi) is 3.59. The topological polar surface area (TPSA) is 68.0 Å². The lowest BCUT2D eigenvalue weighted by Crippen LogP contribution is -2.40. The van der Waals surface area contributed by atoms with Gasteiger partial charge in [-0.1, -0.05) is 6.07 Å². The molecule has 4 heteroatoms. The second-order valence-electron chi connectivity index (χ2n) is 3.30. The number of carbonyl (C=O) groups excluding carboxylic acids is 1. The van der Waals surface area contributed by atoms with Crippen molar-refractivity contribution in [3.63, 3.8) is 0 Å². The van der Waals surface area contributed by atoms with Crippen molar-refractivity contribution in [2.45, 2.75) is 25.9 Å². The molecule has 3 N–H and O–H groups in total. The molecule has 0 saturated carbocycles. The predicted molar refractivity (Wildman–Crippen MR) is 54.4 cm³/mol. The standard InChI is InChI=1S/C10H15N3O/c1-7(13-8(2)10(11)14)9-4-3-5-12-6-9/h3-8,13H,1-2H3,(H2,11,14)/t7-,8?/m1/s1. The molecule has 1 heterocycles. The number of pyridine rings is 1. The van der Waals surface area contributed by atoms with Crippen molar-refractivity contribution in [1.29, 1.82) is 0 Å². The van der Waals surface area contributed by atoms with E-state index in [4.69, 9.17) is 5.73 Å². The van der Waals surface area contributed by atoms with E-state index < -0.39 is 0 Å². The Bertz CT molecular complexity index is 299. The highest BCUT2D eigenvalue weighted by atomic mass is 16.1. The van der Waals surface area contributed by atoms with Crippen LogP contribution in [0, 0.1) is 0 Å². The van der Waals surface area contributed by atoms with Gasteiger partial charge in [-0.25, -0.2) is 0 Å². The summed E-state index contributed by atoms with van der Waals surface area (Å²) in [5.41, 5.74) is 6.19. The number of aromatic nitrogens is 1. The first-order chi connectivity index (χ1) is 6.61. The lowest BCUT2D eigenvalue weighted by atomic mass is 10.1. The quantitative estimate of drug-likeness (QED) is 0.736. The number of rotatable bonds is 4. The molecule has 0 aliphatic heterocycles. The minimum absolute atomic E-state index is 0.0752. The summed E-state index contributed by atoms with van der Waals surface area (Å²) in [6.45, 7) is 3.71. The first kappa shape index (κ1) is 10.7. The highest BCUT2D eigenvalue weighted by molar-refractivity contribution is 5.79. The molecule has 14 heavy (non-hydrogen) atoms. The molecule has 0 spiro atoms. The summed E-state index contributed by atoms with van der Waals surface area (Å²) in [7, 11) is 0. The van der Waals surface area contributed by atoms with Gasteiger partial charge in [0.05, 0.1) is 6.04 Å². The summed E-state index contributed by atoms with van der Waals surface area (Å²) in [6, 6.07) is 3.57. The molecule has 1 rings (SSSR count). The van der Waals surface area contributed by atoms with E-state index in [0.717, 1.165) is 5.56 Å². The van der Waals surface area contributed by atoms with E-state index in [1.807, 2.05) is 19.1 Å². The molecule has 2 atom stereocenters. The third-order valence-corrected chi connectivity index (χ3v) is 2.11. The lowest BCUT2D eigenvalue weighted by molar-refractivity contribution is -0.119. The average Bonchev–Trinajstić information content (AvgIpc) is 2.19. The van der Waals surface area contributed by atoms with Crippen molar-refractivity contribution < 1.29 is 4.79 Å². The first-order valence-electron chi connectivity index (χ1n) is 4.56. The molecule has 4 nitrogen and oxygen atoms in total. The first-order valence-corrected chi connectivity index (χ1v) is 4.56. The molecule has 0 bridgehead atoms. The Morgan fingerprint density at radius 1 is 1.57 bits per heavy atom. The zero-order chi connectivity index (χ0) is 10.6. The second kappa shape index (κ2) is 4.72. The fourth-order valence-electron chi connectivity index (χ4n) is 1.19. The van der Waals surface area contributed by atoms with E-state index >= 15 is 0 Å². The Balaban J connectivity index is 2.59. The van der Waals surface area contributed by atoms with Gasteiger partial charge in [-0.05, 0) is 25.5 Å². The predicted octanol–water partition coefficient (Wildman–Crippen LogP) is 0.606. The van der Waals surface area contributed by atoms with Gasteiger partial charge in [0.15, 0.2) is 0 Å². The van der Waals surface area contributed by atoms with Gasteiger partial charge in [-0.2, -0.15) is 0 Å². The van der Waals surface area contributed by atoms with E-state index in [2.05, 4.69) is 10.3 Å². The molecule has 1 amide bonds. The van der Waals surface area contributed by atoms with Gasteiger partial charge >= 0.3 is 0 Å². The summed E-state index contributed by atoms with van der Waals surface area (Å²) in [5, 5.41) is 3.08. The number of amides is 1. The Hall–Kier alpha value is -1.42. The van der Waals surface area contributed by atoms with Crippen LogP contribution in [0.2, 0.25) is 0 Å². The molecular formula is C10H15N3O. The molecule has 0 fully saturated rings. The Morgan fingerprint density at radius 2 is 2.29 bits per heavy atom. The minimum atomic E-state index is -0.347. The van der Waals surface area contributed by atoms with Crippen molar-refractivity contribution in [2.75, 3.05) is 0 Å². The maximum Gasteiger partial charge on any atom is 0.234 e. The van der Waals surface area contributed by atoms with Crippen LogP contribution in [0.1, 0.15) is 25.5 Å². The van der Waals surface area contributed by atoms with E-state index in [-0.39, 0.29) is 18.0 Å². The largest absolute Gasteiger partial charge is 0.368 e. The molecule has 1 aromatic rings. The second-order valence-corrected chi connectivity index (χ2v) is 3.30. The number of nitrogens with one attached hydrogen (secondary N) is 1. The number of nitrogens with zero attached hydrogens (tertiary/aromatic N) is 1. The number of hydrogen-bond donors (Lipinski definition) is 2. The van der Waals surface area contributed by atoms with Crippen LogP contribution >= 0.6 is 0 Å². The molecular weight excluding hydrogens is 178 g/mol. The zero-order valence-electron chi connectivity index (χ0n) is 8.40. The van der Waals surface area contributed by atoms with Gasteiger partial charge in [-0.3, -0.25) is 15.1 Å². The van der Waals surface area contributed by atoms with Gasteiger partial charge in [0.1, 0.15) is 0 Å². The number of primary amides is 1. The van der Waals surface area contributed by atoms with Crippen LogP contribution in [0.5, 0.6) is 0 Å². The molecule has 76 valence electrons. The number of carbonyl (C=O) groups is 1. The molecule has 0 radical (unpaired) electrons. The number of nitrogens with two attached hydrogens (primary N) is 1.